The molecule has 0 atom stereocenters. The first-order valence-electron chi connectivity index (χ1n) is 7.62. The molecule has 1 aromatic carbocycles. The number of halogens is 3. The van der Waals surface area contributed by atoms with Gasteiger partial charge < -0.3 is 4.57 Å². The van der Waals surface area contributed by atoms with Crippen molar-refractivity contribution in [3.63, 3.8) is 0 Å². The standard InChI is InChI=1S/C16H19ClFIN2/c17-8-7-16-20-14-10-13(19)12(18)9-15(14)21(16)11-5-3-1-2-4-6-11/h9-11H,1-8H2. The van der Waals surface area contributed by atoms with Crippen molar-refractivity contribution >= 4 is 45.2 Å². The van der Waals surface area contributed by atoms with Crippen LogP contribution in [0.15, 0.2) is 12.1 Å². The molecular formula is C16H19ClFIN2. The van der Waals surface area contributed by atoms with Gasteiger partial charge in [-0.1, -0.05) is 25.7 Å². The van der Waals surface area contributed by atoms with Gasteiger partial charge in [0.05, 0.1) is 14.6 Å². The van der Waals surface area contributed by atoms with Crippen LogP contribution >= 0.6 is 34.2 Å². The molecule has 3 rings (SSSR count). The fourth-order valence-electron chi connectivity index (χ4n) is 3.32. The van der Waals surface area contributed by atoms with E-state index in [1.807, 2.05) is 28.7 Å². The highest BCUT2D eigenvalue weighted by Crippen LogP contribution is 2.33. The lowest BCUT2D eigenvalue weighted by Crippen LogP contribution is -2.12. The first kappa shape index (κ1) is 15.5. The third-order valence-electron chi connectivity index (χ3n) is 4.31. The van der Waals surface area contributed by atoms with Gasteiger partial charge >= 0.3 is 0 Å². The van der Waals surface area contributed by atoms with E-state index in [9.17, 15) is 4.39 Å². The van der Waals surface area contributed by atoms with Gasteiger partial charge in [0, 0.05) is 24.4 Å². The van der Waals surface area contributed by atoms with Crippen molar-refractivity contribution in [3.8, 4) is 0 Å². The second-order valence-electron chi connectivity index (χ2n) is 5.74. The maximum atomic E-state index is 14.0. The first-order chi connectivity index (χ1) is 10.2. The number of aromatic nitrogens is 2. The topological polar surface area (TPSA) is 17.8 Å². The molecular weight excluding hydrogens is 402 g/mol. The first-order valence-corrected chi connectivity index (χ1v) is 9.24. The van der Waals surface area contributed by atoms with E-state index in [4.69, 9.17) is 16.6 Å². The van der Waals surface area contributed by atoms with Crippen molar-refractivity contribution in [1.82, 2.24) is 9.55 Å². The number of nitrogens with zero attached hydrogens (tertiary/aromatic N) is 2. The molecule has 0 radical (unpaired) electrons. The molecule has 1 aliphatic carbocycles. The van der Waals surface area contributed by atoms with Crippen molar-refractivity contribution in [1.29, 1.82) is 0 Å². The average Bonchev–Trinajstić information content (AvgIpc) is 2.66. The third-order valence-corrected chi connectivity index (χ3v) is 5.33. The van der Waals surface area contributed by atoms with Gasteiger partial charge in [-0.2, -0.15) is 0 Å². The predicted octanol–water partition coefficient (Wildman–Crippen LogP) is 5.46. The molecule has 0 spiro atoms. The van der Waals surface area contributed by atoms with E-state index in [0.717, 1.165) is 36.1 Å². The Labute approximate surface area is 143 Å². The number of rotatable bonds is 3. The summed E-state index contributed by atoms with van der Waals surface area (Å²) in [5.41, 5.74) is 1.82. The summed E-state index contributed by atoms with van der Waals surface area (Å²) in [5.74, 6) is 1.40. The van der Waals surface area contributed by atoms with Crippen LogP contribution in [0.4, 0.5) is 4.39 Å². The lowest BCUT2D eigenvalue weighted by atomic mass is 10.1. The van der Waals surface area contributed by atoms with E-state index in [1.54, 1.807) is 6.07 Å². The van der Waals surface area contributed by atoms with Gasteiger partial charge in [-0.25, -0.2) is 9.37 Å². The second kappa shape index (κ2) is 6.82. The van der Waals surface area contributed by atoms with Gasteiger partial charge in [-0.05, 0) is 41.5 Å². The molecule has 0 unspecified atom stereocenters. The molecule has 1 aromatic heterocycles. The maximum absolute atomic E-state index is 14.0. The predicted molar refractivity (Wildman–Crippen MR) is 93.6 cm³/mol. The van der Waals surface area contributed by atoms with E-state index < -0.39 is 0 Å². The molecule has 0 amide bonds. The zero-order chi connectivity index (χ0) is 14.8. The molecule has 1 heterocycles. The molecule has 0 N–H and O–H groups in total. The van der Waals surface area contributed by atoms with E-state index in [-0.39, 0.29) is 5.82 Å². The number of hydrogen-bond acceptors (Lipinski definition) is 1. The number of aryl methyl sites for hydroxylation is 1. The summed E-state index contributed by atoms with van der Waals surface area (Å²) in [6, 6.07) is 3.93. The van der Waals surface area contributed by atoms with E-state index in [0.29, 0.717) is 15.5 Å². The molecule has 114 valence electrons. The summed E-state index contributed by atoms with van der Waals surface area (Å²) in [5, 5.41) is 0. The normalized spacial score (nSPS) is 17.3. The van der Waals surface area contributed by atoms with Crippen LogP contribution in [0.3, 0.4) is 0 Å². The van der Waals surface area contributed by atoms with Crippen LogP contribution < -0.4 is 0 Å². The summed E-state index contributed by atoms with van der Waals surface area (Å²) in [6.07, 6.45) is 8.17. The minimum absolute atomic E-state index is 0.157. The average molecular weight is 421 g/mol. The summed E-state index contributed by atoms with van der Waals surface area (Å²) in [7, 11) is 0. The summed E-state index contributed by atoms with van der Waals surface area (Å²) in [6.45, 7) is 0. The van der Waals surface area contributed by atoms with E-state index >= 15 is 0 Å². The molecule has 1 aliphatic rings. The summed E-state index contributed by atoms with van der Waals surface area (Å²) >= 11 is 7.97. The van der Waals surface area contributed by atoms with Crippen molar-refractivity contribution in [3.05, 3.63) is 27.3 Å². The highest BCUT2D eigenvalue weighted by atomic mass is 127. The fraction of sp³-hybridized carbons (Fsp3) is 0.562. The fourth-order valence-corrected chi connectivity index (χ4v) is 3.94. The maximum Gasteiger partial charge on any atom is 0.138 e. The Hall–Kier alpha value is -0.360. The summed E-state index contributed by atoms with van der Waals surface area (Å²) < 4.78 is 16.9. The van der Waals surface area contributed by atoms with E-state index in [2.05, 4.69) is 4.57 Å². The molecule has 1 saturated carbocycles. The SMILES string of the molecule is Fc1cc2c(cc1I)nc(CCCl)n2C1CCCCCC1. The van der Waals surface area contributed by atoms with Crippen molar-refractivity contribution in [2.45, 2.75) is 51.0 Å². The monoisotopic (exact) mass is 420 g/mol. The third kappa shape index (κ3) is 3.21. The van der Waals surface area contributed by atoms with Crippen LogP contribution in [0.2, 0.25) is 0 Å². The van der Waals surface area contributed by atoms with Crippen LogP contribution in [0.5, 0.6) is 0 Å². The molecule has 1 fully saturated rings. The van der Waals surface area contributed by atoms with Crippen molar-refractivity contribution in [2.75, 3.05) is 5.88 Å². The molecule has 5 heteroatoms. The van der Waals surface area contributed by atoms with Gasteiger partial charge in [0.25, 0.3) is 0 Å². The number of imidazole rings is 1. The number of alkyl halides is 1. The quantitative estimate of drug-likeness (QED) is 0.366. The minimum atomic E-state index is -0.157. The smallest absolute Gasteiger partial charge is 0.138 e. The number of fused-ring (bicyclic) bond motifs is 1. The molecule has 0 saturated heterocycles. The Balaban J connectivity index is 2.12. The number of hydrogen-bond donors (Lipinski definition) is 0. The van der Waals surface area contributed by atoms with Gasteiger partial charge in [-0.3, -0.25) is 0 Å². The van der Waals surface area contributed by atoms with Gasteiger partial charge in [0.1, 0.15) is 11.6 Å². The Morgan fingerprint density at radius 1 is 1.24 bits per heavy atom. The second-order valence-corrected chi connectivity index (χ2v) is 7.28. The van der Waals surface area contributed by atoms with Crippen LogP contribution in [0.25, 0.3) is 11.0 Å². The summed E-state index contributed by atoms with van der Waals surface area (Å²) in [4.78, 5) is 4.72. The van der Waals surface area contributed by atoms with Crippen LogP contribution in [0.1, 0.15) is 50.4 Å². The van der Waals surface area contributed by atoms with Gasteiger partial charge in [0.2, 0.25) is 0 Å². The minimum Gasteiger partial charge on any atom is -0.325 e. The van der Waals surface area contributed by atoms with Crippen LogP contribution in [0, 0.1) is 9.39 Å². The molecule has 0 bridgehead atoms. The van der Waals surface area contributed by atoms with E-state index in [1.165, 1.54) is 25.7 Å². The lowest BCUT2D eigenvalue weighted by Gasteiger charge is -2.20. The zero-order valence-electron chi connectivity index (χ0n) is 11.9. The zero-order valence-corrected chi connectivity index (χ0v) is 14.8. The Morgan fingerprint density at radius 3 is 2.62 bits per heavy atom. The molecule has 21 heavy (non-hydrogen) atoms. The number of benzene rings is 1. The van der Waals surface area contributed by atoms with Crippen LogP contribution in [-0.4, -0.2) is 15.4 Å². The largest absolute Gasteiger partial charge is 0.325 e. The van der Waals surface area contributed by atoms with Crippen molar-refractivity contribution < 1.29 is 4.39 Å². The van der Waals surface area contributed by atoms with Gasteiger partial charge in [0.15, 0.2) is 0 Å². The Morgan fingerprint density at radius 2 is 1.95 bits per heavy atom. The van der Waals surface area contributed by atoms with Crippen molar-refractivity contribution in [2.24, 2.45) is 0 Å². The Bertz CT molecular complexity index is 633. The highest BCUT2D eigenvalue weighted by molar-refractivity contribution is 14.1. The lowest BCUT2D eigenvalue weighted by molar-refractivity contribution is 0.441. The molecule has 2 nitrogen and oxygen atoms in total. The van der Waals surface area contributed by atoms with Gasteiger partial charge in [-0.15, -0.1) is 11.6 Å². The molecule has 0 aliphatic heterocycles. The highest BCUT2D eigenvalue weighted by Gasteiger charge is 2.21. The van der Waals surface area contributed by atoms with Crippen LogP contribution in [-0.2, 0) is 6.42 Å². The Kier molecular flexibility index (Phi) is 5.04. The molecule has 2 aromatic rings.